The third-order valence-electron chi connectivity index (χ3n) is 3.40. The van der Waals surface area contributed by atoms with Crippen molar-refractivity contribution in [1.82, 2.24) is 0 Å². The molecular weight excluding hydrogens is 244 g/mol. The zero-order valence-electron chi connectivity index (χ0n) is 10.2. The molecule has 2 aliphatic heterocycles. The highest BCUT2D eigenvalue weighted by Gasteiger charge is 2.24. The second kappa shape index (κ2) is 4.17. The van der Waals surface area contributed by atoms with E-state index in [-0.39, 0.29) is 12.9 Å². The van der Waals surface area contributed by atoms with Gasteiger partial charge in [-0.05, 0) is 23.8 Å². The predicted octanol–water partition coefficient (Wildman–Crippen LogP) is 3.02. The molecule has 1 atom stereocenters. The quantitative estimate of drug-likeness (QED) is 0.735. The molecule has 4 heteroatoms. The zero-order valence-corrected chi connectivity index (χ0v) is 10.2. The van der Waals surface area contributed by atoms with E-state index in [4.69, 9.17) is 19.2 Å². The largest absolute Gasteiger partial charge is 0.454 e. The first-order valence-corrected chi connectivity index (χ1v) is 6.21. The zero-order chi connectivity index (χ0) is 12.7. The van der Waals surface area contributed by atoms with Crippen LogP contribution in [0.5, 0.6) is 17.2 Å². The van der Waals surface area contributed by atoms with Crippen molar-refractivity contribution in [3.8, 4) is 17.2 Å². The van der Waals surface area contributed by atoms with Gasteiger partial charge in [0.15, 0.2) is 17.2 Å². The molecule has 96 valence electrons. The van der Waals surface area contributed by atoms with Gasteiger partial charge in [0.25, 0.3) is 0 Å². The molecule has 0 aromatic heterocycles. The molecular formula is C15H12O4. The molecule has 0 fully saturated rings. The van der Waals surface area contributed by atoms with Crippen LogP contribution in [-0.4, -0.2) is 6.79 Å². The molecule has 1 unspecified atom stereocenters. The Hall–Kier alpha value is -2.20. The Morgan fingerprint density at radius 3 is 2.79 bits per heavy atom. The molecule has 0 amide bonds. The number of fused-ring (bicyclic) bond motifs is 2. The van der Waals surface area contributed by atoms with Crippen LogP contribution in [0.15, 0.2) is 42.5 Å². The van der Waals surface area contributed by atoms with Crippen LogP contribution < -0.4 is 14.4 Å². The molecule has 0 spiro atoms. The Kier molecular flexibility index (Phi) is 2.35. The van der Waals surface area contributed by atoms with E-state index in [0.29, 0.717) is 0 Å². The van der Waals surface area contributed by atoms with Crippen molar-refractivity contribution in [2.45, 2.75) is 12.5 Å². The third kappa shape index (κ3) is 1.81. The number of hydrogen-bond acceptors (Lipinski definition) is 4. The number of rotatable bonds is 1. The number of hydrogen-bond donors (Lipinski definition) is 0. The monoisotopic (exact) mass is 256 g/mol. The average Bonchev–Trinajstić information content (AvgIpc) is 2.94. The Labute approximate surface area is 110 Å². The van der Waals surface area contributed by atoms with Crippen LogP contribution in [-0.2, 0) is 11.3 Å². The molecule has 4 nitrogen and oxygen atoms in total. The molecule has 2 aliphatic rings. The van der Waals surface area contributed by atoms with Gasteiger partial charge < -0.3 is 14.4 Å². The second-order valence-electron chi connectivity index (χ2n) is 4.59. The maximum absolute atomic E-state index is 5.45. The number of para-hydroxylation sites is 1. The molecule has 0 aliphatic carbocycles. The first kappa shape index (κ1) is 10.7. The lowest BCUT2D eigenvalue weighted by Crippen LogP contribution is -2.16. The van der Waals surface area contributed by atoms with Gasteiger partial charge in [0.1, 0.15) is 6.10 Å². The minimum Gasteiger partial charge on any atom is -0.454 e. The summed E-state index contributed by atoms with van der Waals surface area (Å²) in [5.74, 6) is 2.33. The van der Waals surface area contributed by atoms with Crippen LogP contribution in [0.4, 0.5) is 0 Å². The molecule has 0 N–H and O–H groups in total. The normalized spacial score (nSPS) is 19.7. The van der Waals surface area contributed by atoms with Gasteiger partial charge in [-0.15, -0.1) is 0 Å². The molecule has 4 rings (SSSR count). The average molecular weight is 256 g/mol. The van der Waals surface area contributed by atoms with Gasteiger partial charge in [-0.3, -0.25) is 0 Å². The minimum atomic E-state index is -0.121. The van der Waals surface area contributed by atoms with Crippen LogP contribution in [0.1, 0.15) is 17.2 Å². The second-order valence-corrected chi connectivity index (χ2v) is 4.59. The van der Waals surface area contributed by atoms with Gasteiger partial charge in [-0.2, -0.15) is 4.89 Å². The standard InChI is InChI=1S/C15H12O4/c1-2-4-12-10(3-1)7-14(19-18-12)11-5-6-13-15(8-11)17-9-16-13/h1-6,8,14H,7,9H2. The molecule has 2 heterocycles. The van der Waals surface area contributed by atoms with Crippen LogP contribution in [0.3, 0.4) is 0 Å². The third-order valence-corrected chi connectivity index (χ3v) is 3.40. The molecule has 19 heavy (non-hydrogen) atoms. The van der Waals surface area contributed by atoms with Crippen molar-refractivity contribution < 1.29 is 19.2 Å². The van der Waals surface area contributed by atoms with E-state index in [0.717, 1.165) is 34.8 Å². The Morgan fingerprint density at radius 2 is 1.79 bits per heavy atom. The van der Waals surface area contributed by atoms with Crippen molar-refractivity contribution in [3.63, 3.8) is 0 Å². The van der Waals surface area contributed by atoms with Gasteiger partial charge in [-0.1, -0.05) is 24.3 Å². The number of benzene rings is 2. The van der Waals surface area contributed by atoms with Gasteiger partial charge >= 0.3 is 0 Å². The van der Waals surface area contributed by atoms with Crippen LogP contribution >= 0.6 is 0 Å². The van der Waals surface area contributed by atoms with E-state index in [1.54, 1.807) is 0 Å². The van der Waals surface area contributed by atoms with Crippen LogP contribution in [0, 0.1) is 0 Å². The van der Waals surface area contributed by atoms with Gasteiger partial charge in [0.2, 0.25) is 6.79 Å². The Balaban J connectivity index is 1.64. The summed E-state index contributed by atoms with van der Waals surface area (Å²) in [5, 5.41) is 0. The number of ether oxygens (including phenoxy) is 2. The van der Waals surface area contributed by atoms with E-state index in [1.807, 2.05) is 36.4 Å². The minimum absolute atomic E-state index is 0.121. The smallest absolute Gasteiger partial charge is 0.231 e. The van der Waals surface area contributed by atoms with Gasteiger partial charge in [0, 0.05) is 12.0 Å². The summed E-state index contributed by atoms with van der Waals surface area (Å²) in [6, 6.07) is 13.7. The van der Waals surface area contributed by atoms with Gasteiger partial charge in [0.05, 0.1) is 0 Å². The van der Waals surface area contributed by atoms with Crippen LogP contribution in [0.25, 0.3) is 0 Å². The van der Waals surface area contributed by atoms with E-state index in [2.05, 4.69) is 6.07 Å². The molecule has 0 bridgehead atoms. The lowest BCUT2D eigenvalue weighted by Gasteiger charge is -2.24. The maximum Gasteiger partial charge on any atom is 0.231 e. The van der Waals surface area contributed by atoms with E-state index in [1.165, 1.54) is 0 Å². The summed E-state index contributed by atoms with van der Waals surface area (Å²) >= 11 is 0. The van der Waals surface area contributed by atoms with E-state index >= 15 is 0 Å². The fraction of sp³-hybridized carbons (Fsp3) is 0.200. The first-order valence-electron chi connectivity index (χ1n) is 6.21. The summed E-state index contributed by atoms with van der Waals surface area (Å²) in [7, 11) is 0. The highest BCUT2D eigenvalue weighted by Crippen LogP contribution is 2.38. The summed E-state index contributed by atoms with van der Waals surface area (Å²) in [4.78, 5) is 10.8. The topological polar surface area (TPSA) is 36.9 Å². The lowest BCUT2D eigenvalue weighted by atomic mass is 10.00. The first-order chi connectivity index (χ1) is 9.40. The fourth-order valence-electron chi connectivity index (χ4n) is 2.38. The molecule has 2 aromatic carbocycles. The highest BCUT2D eigenvalue weighted by atomic mass is 17.2. The summed E-state index contributed by atoms with van der Waals surface area (Å²) in [6.07, 6.45) is 0.667. The Bertz CT molecular complexity index is 623. The summed E-state index contributed by atoms with van der Waals surface area (Å²) < 4.78 is 10.7. The van der Waals surface area contributed by atoms with Crippen molar-refractivity contribution in [2.24, 2.45) is 0 Å². The Morgan fingerprint density at radius 1 is 0.895 bits per heavy atom. The van der Waals surface area contributed by atoms with Crippen molar-refractivity contribution >= 4 is 0 Å². The van der Waals surface area contributed by atoms with Gasteiger partial charge in [-0.25, -0.2) is 0 Å². The molecule has 0 saturated heterocycles. The van der Waals surface area contributed by atoms with Crippen LogP contribution in [0.2, 0.25) is 0 Å². The maximum atomic E-state index is 5.45. The van der Waals surface area contributed by atoms with Crippen molar-refractivity contribution in [3.05, 3.63) is 53.6 Å². The predicted molar refractivity (Wildman–Crippen MR) is 67.2 cm³/mol. The summed E-state index contributed by atoms with van der Waals surface area (Å²) in [5.41, 5.74) is 2.18. The fourth-order valence-corrected chi connectivity index (χ4v) is 2.38. The highest BCUT2D eigenvalue weighted by molar-refractivity contribution is 5.46. The van der Waals surface area contributed by atoms with Crippen molar-refractivity contribution in [1.29, 1.82) is 0 Å². The van der Waals surface area contributed by atoms with E-state index < -0.39 is 0 Å². The SMILES string of the molecule is c1ccc2c(c1)CC(c1ccc3c(c1)OCO3)OO2. The molecule has 2 aromatic rings. The molecule has 0 saturated carbocycles. The lowest BCUT2D eigenvalue weighted by molar-refractivity contribution is -0.257. The molecule has 0 radical (unpaired) electrons. The van der Waals surface area contributed by atoms with Crippen molar-refractivity contribution in [2.75, 3.05) is 6.79 Å². The summed E-state index contributed by atoms with van der Waals surface area (Å²) in [6.45, 7) is 0.281. The van der Waals surface area contributed by atoms with E-state index in [9.17, 15) is 0 Å².